The number of amides is 2. The lowest BCUT2D eigenvalue weighted by atomic mass is 10.0. The summed E-state index contributed by atoms with van der Waals surface area (Å²) in [7, 11) is 0. The topological polar surface area (TPSA) is 67.4 Å². The molecule has 0 fully saturated rings. The maximum absolute atomic E-state index is 12.0. The van der Waals surface area contributed by atoms with Crippen LogP contribution in [-0.2, 0) is 4.74 Å². The number of hydrogen-bond donors (Lipinski definition) is 2. The van der Waals surface area contributed by atoms with Gasteiger partial charge in [0.25, 0.3) is 5.91 Å². The molecule has 1 rings (SSSR count). The summed E-state index contributed by atoms with van der Waals surface area (Å²) < 4.78 is 5.79. The molecule has 1 aromatic rings. The molecule has 1 aromatic heterocycles. The minimum atomic E-state index is -0.448. The first-order valence-electron chi connectivity index (χ1n) is 6.89. The fourth-order valence-electron chi connectivity index (χ4n) is 1.84. The normalized spacial score (nSPS) is 12.0. The Balaban J connectivity index is 2.52. The summed E-state index contributed by atoms with van der Waals surface area (Å²) in [6, 6.07) is 3.46. The monoisotopic (exact) mass is 376 g/mol. The summed E-state index contributed by atoms with van der Waals surface area (Å²) in [5.41, 5.74) is 0. The van der Waals surface area contributed by atoms with Gasteiger partial charge >= 0.3 is 6.09 Å². The molecule has 7 heteroatoms. The summed E-state index contributed by atoms with van der Waals surface area (Å²) in [6.07, 6.45) is 0.323. The van der Waals surface area contributed by atoms with E-state index in [4.69, 9.17) is 4.74 Å². The van der Waals surface area contributed by atoms with Crippen molar-refractivity contribution in [2.24, 2.45) is 5.92 Å². The summed E-state index contributed by atoms with van der Waals surface area (Å²) >= 11 is 4.70. The molecule has 0 spiro atoms. The Morgan fingerprint density at radius 2 is 2.10 bits per heavy atom. The van der Waals surface area contributed by atoms with E-state index in [1.165, 1.54) is 11.3 Å². The van der Waals surface area contributed by atoms with E-state index in [0.29, 0.717) is 23.9 Å². The second kappa shape index (κ2) is 9.04. The zero-order chi connectivity index (χ0) is 15.8. The number of rotatable bonds is 7. The minimum Gasteiger partial charge on any atom is -0.450 e. The summed E-state index contributed by atoms with van der Waals surface area (Å²) in [6.45, 7) is 6.60. The Labute approximate surface area is 137 Å². The summed E-state index contributed by atoms with van der Waals surface area (Å²) in [5.74, 6) is 0.273. The van der Waals surface area contributed by atoms with Crippen molar-refractivity contribution in [2.75, 3.05) is 13.2 Å². The number of thiophene rings is 1. The van der Waals surface area contributed by atoms with E-state index in [2.05, 4.69) is 40.4 Å². The van der Waals surface area contributed by atoms with Gasteiger partial charge < -0.3 is 15.4 Å². The number of ether oxygens (including phenoxy) is 1. The Morgan fingerprint density at radius 3 is 2.62 bits per heavy atom. The van der Waals surface area contributed by atoms with E-state index < -0.39 is 6.09 Å². The molecule has 0 aliphatic carbocycles. The highest BCUT2D eigenvalue weighted by Crippen LogP contribution is 2.21. The Bertz CT molecular complexity index is 477. The van der Waals surface area contributed by atoms with Gasteiger partial charge in [0.2, 0.25) is 0 Å². The van der Waals surface area contributed by atoms with Crippen molar-refractivity contribution in [3.8, 4) is 0 Å². The van der Waals surface area contributed by atoms with Gasteiger partial charge in [0.1, 0.15) is 0 Å². The van der Waals surface area contributed by atoms with Gasteiger partial charge in [-0.05, 0) is 47.3 Å². The predicted octanol–water partition coefficient (Wildman–Crippen LogP) is 3.40. The molecular formula is C14H21BrN2O3S. The lowest BCUT2D eigenvalue weighted by Crippen LogP contribution is -2.44. The molecule has 0 saturated heterocycles. The Hall–Kier alpha value is -1.08. The van der Waals surface area contributed by atoms with Crippen molar-refractivity contribution >= 4 is 39.3 Å². The molecule has 1 atom stereocenters. The molecule has 0 radical (unpaired) electrons. The van der Waals surface area contributed by atoms with Crippen LogP contribution in [0, 0.1) is 5.92 Å². The lowest BCUT2D eigenvalue weighted by Gasteiger charge is -2.20. The van der Waals surface area contributed by atoms with Crippen molar-refractivity contribution in [2.45, 2.75) is 33.2 Å². The molecule has 0 aromatic carbocycles. The van der Waals surface area contributed by atoms with E-state index in [9.17, 15) is 9.59 Å². The number of carbonyl (C=O) groups excluding carboxylic acids is 2. The highest BCUT2D eigenvalue weighted by atomic mass is 79.9. The molecule has 2 amide bonds. The van der Waals surface area contributed by atoms with Gasteiger partial charge in [0, 0.05) is 12.6 Å². The van der Waals surface area contributed by atoms with Gasteiger partial charge in [-0.25, -0.2) is 4.79 Å². The molecule has 5 nitrogen and oxygen atoms in total. The van der Waals surface area contributed by atoms with Gasteiger partial charge in [0.05, 0.1) is 15.3 Å². The maximum atomic E-state index is 12.0. The number of hydrogen-bond acceptors (Lipinski definition) is 4. The lowest BCUT2D eigenvalue weighted by molar-refractivity contribution is 0.0948. The van der Waals surface area contributed by atoms with Crippen LogP contribution in [0.15, 0.2) is 15.9 Å². The molecular weight excluding hydrogens is 356 g/mol. The molecule has 0 bridgehead atoms. The van der Waals surface area contributed by atoms with E-state index in [1.54, 1.807) is 13.0 Å². The van der Waals surface area contributed by atoms with Crippen LogP contribution in [0.5, 0.6) is 0 Å². The molecule has 0 aliphatic heterocycles. The van der Waals surface area contributed by atoms with E-state index in [0.717, 1.165) is 10.2 Å². The van der Waals surface area contributed by atoms with Crippen molar-refractivity contribution < 1.29 is 14.3 Å². The van der Waals surface area contributed by atoms with E-state index >= 15 is 0 Å². The second-order valence-electron chi connectivity index (χ2n) is 5.01. The first kappa shape index (κ1) is 18.0. The summed E-state index contributed by atoms with van der Waals surface area (Å²) in [5, 5.41) is 5.63. The molecule has 0 unspecified atom stereocenters. The highest BCUT2D eigenvalue weighted by Gasteiger charge is 2.16. The highest BCUT2D eigenvalue weighted by molar-refractivity contribution is 9.11. The SMILES string of the molecule is CCOC(=O)N[C@@H](CNC(=O)c1ccc(Br)s1)CC(C)C. The zero-order valence-electron chi connectivity index (χ0n) is 12.4. The van der Waals surface area contributed by atoms with Crippen molar-refractivity contribution in [3.63, 3.8) is 0 Å². The molecule has 1 heterocycles. The smallest absolute Gasteiger partial charge is 0.407 e. The average molecular weight is 377 g/mol. The first-order valence-corrected chi connectivity index (χ1v) is 8.50. The number of carbonyl (C=O) groups is 2. The Morgan fingerprint density at radius 1 is 1.38 bits per heavy atom. The fourth-order valence-corrected chi connectivity index (χ4v) is 3.14. The fraction of sp³-hybridized carbons (Fsp3) is 0.571. The molecule has 0 saturated carbocycles. The third kappa shape index (κ3) is 6.95. The van der Waals surface area contributed by atoms with Crippen LogP contribution in [-0.4, -0.2) is 31.2 Å². The van der Waals surface area contributed by atoms with Crippen LogP contribution >= 0.6 is 27.3 Å². The van der Waals surface area contributed by atoms with Gasteiger partial charge in [-0.3, -0.25) is 4.79 Å². The van der Waals surface area contributed by atoms with E-state index in [-0.39, 0.29) is 11.9 Å². The van der Waals surface area contributed by atoms with Gasteiger partial charge in [-0.15, -0.1) is 11.3 Å². The predicted molar refractivity (Wildman–Crippen MR) is 87.8 cm³/mol. The van der Waals surface area contributed by atoms with Gasteiger partial charge in [0.15, 0.2) is 0 Å². The third-order valence-electron chi connectivity index (χ3n) is 2.66. The standard InChI is InChI=1S/C14H21BrN2O3S/c1-4-20-14(19)17-10(7-9(2)3)8-16-13(18)11-5-6-12(15)21-11/h5-6,9-10H,4,7-8H2,1-3H3,(H,16,18)(H,17,19)/t10-/m1/s1. The van der Waals surface area contributed by atoms with Gasteiger partial charge in [-0.2, -0.15) is 0 Å². The van der Waals surface area contributed by atoms with Crippen LogP contribution in [0.4, 0.5) is 4.79 Å². The van der Waals surface area contributed by atoms with Crippen molar-refractivity contribution in [1.29, 1.82) is 0 Å². The van der Waals surface area contributed by atoms with E-state index in [1.807, 2.05) is 6.07 Å². The molecule has 118 valence electrons. The first-order chi connectivity index (χ1) is 9.92. The second-order valence-corrected chi connectivity index (χ2v) is 7.47. The third-order valence-corrected chi connectivity index (χ3v) is 4.28. The molecule has 21 heavy (non-hydrogen) atoms. The average Bonchev–Trinajstić information content (AvgIpc) is 2.82. The van der Waals surface area contributed by atoms with Crippen LogP contribution in [0.2, 0.25) is 0 Å². The molecule has 0 aliphatic rings. The van der Waals surface area contributed by atoms with Crippen molar-refractivity contribution in [1.82, 2.24) is 10.6 Å². The Kier molecular flexibility index (Phi) is 7.74. The number of alkyl carbamates (subject to hydrolysis) is 1. The van der Waals surface area contributed by atoms with Crippen LogP contribution in [0.25, 0.3) is 0 Å². The maximum Gasteiger partial charge on any atom is 0.407 e. The van der Waals surface area contributed by atoms with Crippen LogP contribution < -0.4 is 10.6 Å². The minimum absolute atomic E-state index is 0.134. The van der Waals surface area contributed by atoms with Crippen LogP contribution in [0.3, 0.4) is 0 Å². The van der Waals surface area contributed by atoms with Crippen LogP contribution in [0.1, 0.15) is 36.9 Å². The largest absolute Gasteiger partial charge is 0.450 e. The zero-order valence-corrected chi connectivity index (χ0v) is 14.8. The molecule has 2 N–H and O–H groups in total. The van der Waals surface area contributed by atoms with Crippen molar-refractivity contribution in [3.05, 3.63) is 20.8 Å². The number of halogens is 1. The number of nitrogens with one attached hydrogen (secondary N) is 2. The summed E-state index contributed by atoms with van der Waals surface area (Å²) in [4.78, 5) is 24.1. The van der Waals surface area contributed by atoms with Gasteiger partial charge in [-0.1, -0.05) is 13.8 Å². The quantitative estimate of drug-likeness (QED) is 0.765.